The highest BCUT2D eigenvalue weighted by molar-refractivity contribution is 5.82. The van der Waals surface area contributed by atoms with E-state index in [0.717, 1.165) is 39.0 Å². The lowest BCUT2D eigenvalue weighted by molar-refractivity contribution is -0.142. The summed E-state index contributed by atoms with van der Waals surface area (Å²) in [5.74, 6) is 1.25. The first-order valence-electron chi connectivity index (χ1n) is 9.39. The molecule has 28 heavy (non-hydrogen) atoms. The Hall–Kier alpha value is -2.79. The Morgan fingerprint density at radius 1 is 1.07 bits per heavy atom. The van der Waals surface area contributed by atoms with Crippen LogP contribution in [0, 0.1) is 13.8 Å². The van der Waals surface area contributed by atoms with Crippen molar-refractivity contribution in [2.24, 2.45) is 0 Å². The maximum atomic E-state index is 11.9. The van der Waals surface area contributed by atoms with E-state index in [9.17, 15) is 4.79 Å². The molecule has 3 rings (SSSR count). The van der Waals surface area contributed by atoms with Crippen LogP contribution in [-0.4, -0.2) is 19.7 Å². The highest BCUT2D eigenvalue weighted by Crippen LogP contribution is 2.27. The summed E-state index contributed by atoms with van der Waals surface area (Å²) in [6.45, 7) is 7.04. The molecule has 0 fully saturated rings. The SMILES string of the molecule is CCOC(=O)Cc1ccc(C)cc1OCc1cc(C)c2oc(COC)cc2c1. The predicted octanol–water partition coefficient (Wildman–Crippen LogP) is 4.88. The third-order valence-electron chi connectivity index (χ3n) is 4.46. The van der Waals surface area contributed by atoms with Crippen LogP contribution in [0.25, 0.3) is 11.0 Å². The zero-order valence-electron chi connectivity index (χ0n) is 16.8. The second kappa shape index (κ2) is 8.93. The minimum absolute atomic E-state index is 0.198. The minimum atomic E-state index is -0.252. The predicted molar refractivity (Wildman–Crippen MR) is 108 cm³/mol. The lowest BCUT2D eigenvalue weighted by Gasteiger charge is -2.13. The Balaban J connectivity index is 1.79. The summed E-state index contributed by atoms with van der Waals surface area (Å²) in [6.07, 6.45) is 0.198. The smallest absolute Gasteiger partial charge is 0.310 e. The summed E-state index contributed by atoms with van der Waals surface area (Å²) in [6, 6.07) is 12.0. The molecule has 0 atom stereocenters. The largest absolute Gasteiger partial charge is 0.489 e. The summed E-state index contributed by atoms with van der Waals surface area (Å²) in [5.41, 5.74) is 4.86. The Kier molecular flexibility index (Phi) is 6.37. The van der Waals surface area contributed by atoms with Crippen molar-refractivity contribution in [3.8, 4) is 5.75 Å². The van der Waals surface area contributed by atoms with Gasteiger partial charge in [0, 0.05) is 18.1 Å². The van der Waals surface area contributed by atoms with E-state index in [1.165, 1.54) is 0 Å². The molecular formula is C23H26O5. The monoisotopic (exact) mass is 382 g/mol. The van der Waals surface area contributed by atoms with E-state index < -0.39 is 0 Å². The summed E-state index contributed by atoms with van der Waals surface area (Å²) >= 11 is 0. The fourth-order valence-corrected chi connectivity index (χ4v) is 3.23. The van der Waals surface area contributed by atoms with Crippen LogP contribution >= 0.6 is 0 Å². The van der Waals surface area contributed by atoms with E-state index in [2.05, 4.69) is 12.1 Å². The number of furan rings is 1. The number of ether oxygens (including phenoxy) is 3. The molecule has 0 radical (unpaired) electrons. The molecule has 3 aromatic rings. The van der Waals surface area contributed by atoms with Gasteiger partial charge >= 0.3 is 5.97 Å². The molecule has 1 aromatic heterocycles. The standard InChI is InChI=1S/C23H26O5/c1-5-26-22(24)12-18-7-6-15(2)8-21(18)27-13-17-9-16(3)23-19(10-17)11-20(28-23)14-25-4/h6-11H,5,12-14H2,1-4H3. The minimum Gasteiger partial charge on any atom is -0.489 e. The van der Waals surface area contributed by atoms with E-state index in [0.29, 0.717) is 25.6 Å². The lowest BCUT2D eigenvalue weighted by Crippen LogP contribution is -2.09. The van der Waals surface area contributed by atoms with Crippen LogP contribution in [0.1, 0.15) is 34.9 Å². The highest BCUT2D eigenvalue weighted by Gasteiger charge is 2.12. The molecule has 0 aliphatic heterocycles. The van der Waals surface area contributed by atoms with Crippen molar-refractivity contribution in [3.63, 3.8) is 0 Å². The Labute approximate surface area is 165 Å². The first-order chi connectivity index (χ1) is 13.5. The number of methoxy groups -OCH3 is 1. The van der Waals surface area contributed by atoms with Gasteiger partial charge in [-0.1, -0.05) is 12.1 Å². The average Bonchev–Trinajstić information content (AvgIpc) is 3.05. The summed E-state index contributed by atoms with van der Waals surface area (Å²) in [4.78, 5) is 11.9. The molecule has 0 saturated carbocycles. The third-order valence-corrected chi connectivity index (χ3v) is 4.46. The molecule has 0 unspecified atom stereocenters. The van der Waals surface area contributed by atoms with E-state index in [1.54, 1.807) is 14.0 Å². The second-order valence-corrected chi connectivity index (χ2v) is 6.86. The van der Waals surface area contributed by atoms with E-state index in [-0.39, 0.29) is 12.4 Å². The van der Waals surface area contributed by atoms with Crippen LogP contribution in [0.4, 0.5) is 0 Å². The van der Waals surface area contributed by atoms with E-state index in [4.69, 9.17) is 18.6 Å². The third kappa shape index (κ3) is 4.73. The number of carbonyl (C=O) groups excluding carboxylic acids is 1. The van der Waals surface area contributed by atoms with Crippen molar-refractivity contribution in [1.82, 2.24) is 0 Å². The fourth-order valence-electron chi connectivity index (χ4n) is 3.23. The number of fused-ring (bicyclic) bond motifs is 1. The Morgan fingerprint density at radius 2 is 1.89 bits per heavy atom. The molecule has 5 heteroatoms. The molecule has 1 heterocycles. The van der Waals surface area contributed by atoms with Gasteiger partial charge in [-0.15, -0.1) is 0 Å². The zero-order valence-corrected chi connectivity index (χ0v) is 16.8. The molecule has 0 bridgehead atoms. The van der Waals surface area contributed by atoms with Crippen molar-refractivity contribution in [2.45, 2.75) is 40.4 Å². The van der Waals surface area contributed by atoms with Gasteiger partial charge in [-0.05, 0) is 61.7 Å². The number of esters is 1. The zero-order chi connectivity index (χ0) is 20.1. The van der Waals surface area contributed by atoms with Gasteiger partial charge in [0.2, 0.25) is 0 Å². The summed E-state index contributed by atoms with van der Waals surface area (Å²) < 4.78 is 22.1. The van der Waals surface area contributed by atoms with Crippen molar-refractivity contribution in [3.05, 3.63) is 64.4 Å². The van der Waals surface area contributed by atoms with Gasteiger partial charge in [0.1, 0.15) is 30.3 Å². The van der Waals surface area contributed by atoms with Gasteiger partial charge < -0.3 is 18.6 Å². The quantitative estimate of drug-likeness (QED) is 0.520. The molecule has 0 N–H and O–H groups in total. The van der Waals surface area contributed by atoms with E-state index in [1.807, 2.05) is 38.1 Å². The van der Waals surface area contributed by atoms with Gasteiger partial charge in [-0.2, -0.15) is 0 Å². The lowest BCUT2D eigenvalue weighted by atomic mass is 10.1. The second-order valence-electron chi connectivity index (χ2n) is 6.86. The number of carbonyl (C=O) groups is 1. The van der Waals surface area contributed by atoms with Gasteiger partial charge in [0.15, 0.2) is 0 Å². The first-order valence-corrected chi connectivity index (χ1v) is 9.39. The average molecular weight is 382 g/mol. The molecule has 0 saturated heterocycles. The number of hydrogen-bond donors (Lipinski definition) is 0. The van der Waals surface area contributed by atoms with Crippen LogP contribution in [0.2, 0.25) is 0 Å². The molecule has 0 aliphatic carbocycles. The number of hydrogen-bond acceptors (Lipinski definition) is 5. The molecule has 2 aromatic carbocycles. The van der Waals surface area contributed by atoms with Crippen molar-refractivity contribution >= 4 is 16.9 Å². The molecule has 0 amide bonds. The van der Waals surface area contributed by atoms with Crippen molar-refractivity contribution < 1.29 is 23.4 Å². The maximum Gasteiger partial charge on any atom is 0.310 e. The Bertz CT molecular complexity index is 971. The molecule has 148 valence electrons. The molecule has 0 spiro atoms. The fraction of sp³-hybridized carbons (Fsp3) is 0.348. The van der Waals surface area contributed by atoms with Crippen LogP contribution in [0.15, 0.2) is 40.8 Å². The topological polar surface area (TPSA) is 57.9 Å². The molecule has 0 aliphatic rings. The summed E-state index contributed by atoms with van der Waals surface area (Å²) in [5, 5.41) is 1.03. The molecular weight excluding hydrogens is 356 g/mol. The van der Waals surface area contributed by atoms with Gasteiger partial charge in [-0.25, -0.2) is 0 Å². The van der Waals surface area contributed by atoms with Gasteiger partial charge in [0.05, 0.1) is 13.0 Å². The van der Waals surface area contributed by atoms with Crippen LogP contribution < -0.4 is 4.74 Å². The number of aryl methyl sites for hydroxylation is 2. The van der Waals surface area contributed by atoms with Crippen molar-refractivity contribution in [2.75, 3.05) is 13.7 Å². The highest BCUT2D eigenvalue weighted by atomic mass is 16.5. The van der Waals surface area contributed by atoms with Crippen LogP contribution in [0.5, 0.6) is 5.75 Å². The van der Waals surface area contributed by atoms with Crippen molar-refractivity contribution in [1.29, 1.82) is 0 Å². The number of benzene rings is 2. The first kappa shape index (κ1) is 20.0. The number of rotatable bonds is 8. The van der Waals surface area contributed by atoms with Gasteiger partial charge in [0.25, 0.3) is 0 Å². The van der Waals surface area contributed by atoms with Crippen LogP contribution in [-0.2, 0) is 33.9 Å². The van der Waals surface area contributed by atoms with Crippen LogP contribution in [0.3, 0.4) is 0 Å². The Morgan fingerprint density at radius 3 is 2.64 bits per heavy atom. The maximum absolute atomic E-state index is 11.9. The normalized spacial score (nSPS) is 11.0. The molecule has 5 nitrogen and oxygen atoms in total. The summed E-state index contributed by atoms with van der Waals surface area (Å²) in [7, 11) is 1.65. The van der Waals surface area contributed by atoms with E-state index >= 15 is 0 Å². The van der Waals surface area contributed by atoms with Gasteiger partial charge in [-0.3, -0.25) is 4.79 Å².